The van der Waals surface area contributed by atoms with Gasteiger partial charge in [0.05, 0.1) is 5.41 Å². The fraction of sp³-hybridized carbons (Fsp3) is 0.588. The summed E-state index contributed by atoms with van der Waals surface area (Å²) < 4.78 is 6.12. The van der Waals surface area contributed by atoms with Gasteiger partial charge in [-0.05, 0) is 38.1 Å². The minimum absolute atomic E-state index is 0.141. The number of hydrogen-bond donors (Lipinski definition) is 2. The summed E-state index contributed by atoms with van der Waals surface area (Å²) in [5.74, 6) is -2.13. The standard InChI is InChI=1S/C17H17NO5/c1-18-7-6-15-10-2-3-12-17(15,23-22-12)21-14-13(15)9(8-11(10)18)4-5-16(14,19)20/h2,4,10-11,19-20H,5-8H2,1H3/t10-,11+,15-,17-/m0/s1. The first-order valence-corrected chi connectivity index (χ1v) is 8.11. The zero-order valence-electron chi connectivity index (χ0n) is 12.7. The highest BCUT2D eigenvalue weighted by atomic mass is 17.3. The highest BCUT2D eigenvalue weighted by molar-refractivity contribution is 5.57. The Bertz CT molecular complexity index is 789. The van der Waals surface area contributed by atoms with Gasteiger partial charge in [-0.2, -0.15) is 0 Å². The molecule has 0 amide bonds. The minimum Gasteiger partial charge on any atom is -0.449 e. The largest absolute Gasteiger partial charge is 0.449 e. The van der Waals surface area contributed by atoms with Crippen LogP contribution < -0.4 is 0 Å². The molecule has 23 heavy (non-hydrogen) atoms. The Labute approximate surface area is 132 Å². The average molecular weight is 315 g/mol. The van der Waals surface area contributed by atoms with Crippen LogP contribution in [0.2, 0.25) is 0 Å². The molecular weight excluding hydrogens is 298 g/mol. The highest BCUT2D eigenvalue weighted by Gasteiger charge is 2.80. The van der Waals surface area contributed by atoms with Crippen LogP contribution >= 0.6 is 0 Å². The van der Waals surface area contributed by atoms with Crippen molar-refractivity contribution in [3.63, 3.8) is 0 Å². The van der Waals surface area contributed by atoms with Crippen LogP contribution in [-0.4, -0.2) is 46.3 Å². The highest BCUT2D eigenvalue weighted by Crippen LogP contribution is 2.72. The summed E-state index contributed by atoms with van der Waals surface area (Å²) in [6, 6.07) is 0.335. The van der Waals surface area contributed by atoms with Crippen molar-refractivity contribution in [3.8, 4) is 0 Å². The summed E-state index contributed by atoms with van der Waals surface area (Å²) in [6.45, 7) is 0.907. The average Bonchev–Trinajstić information content (AvgIpc) is 2.82. The van der Waals surface area contributed by atoms with Crippen molar-refractivity contribution in [2.75, 3.05) is 13.6 Å². The molecule has 3 fully saturated rings. The summed E-state index contributed by atoms with van der Waals surface area (Å²) in [6.07, 6.45) is 5.86. The molecule has 0 unspecified atom stereocenters. The lowest BCUT2D eigenvalue weighted by atomic mass is 9.50. The molecule has 3 aliphatic carbocycles. The van der Waals surface area contributed by atoms with Gasteiger partial charge in [0, 0.05) is 24.0 Å². The van der Waals surface area contributed by atoms with Gasteiger partial charge >= 0.3 is 5.79 Å². The molecule has 6 nitrogen and oxygen atoms in total. The van der Waals surface area contributed by atoms with Crippen LogP contribution in [-0.2, 0) is 14.5 Å². The van der Waals surface area contributed by atoms with Crippen molar-refractivity contribution in [1.82, 2.24) is 4.90 Å². The second-order valence-electron chi connectivity index (χ2n) is 7.48. The fourth-order valence-corrected chi connectivity index (χ4v) is 5.52. The van der Waals surface area contributed by atoms with Gasteiger partial charge < -0.3 is 24.7 Å². The Hall–Kier alpha value is -1.56. The van der Waals surface area contributed by atoms with Crippen LogP contribution in [0.15, 0.2) is 40.5 Å². The van der Waals surface area contributed by atoms with Crippen molar-refractivity contribution in [1.29, 1.82) is 0 Å². The van der Waals surface area contributed by atoms with Crippen LogP contribution in [0.3, 0.4) is 0 Å². The van der Waals surface area contributed by atoms with E-state index in [0.29, 0.717) is 11.8 Å². The van der Waals surface area contributed by atoms with E-state index in [2.05, 4.69) is 23.8 Å². The molecule has 120 valence electrons. The van der Waals surface area contributed by atoms with Gasteiger partial charge in [-0.3, -0.25) is 0 Å². The zero-order chi connectivity index (χ0) is 15.6. The monoisotopic (exact) mass is 315 g/mol. The molecule has 6 aliphatic rings. The first-order valence-electron chi connectivity index (χ1n) is 8.11. The molecule has 1 saturated carbocycles. The first kappa shape index (κ1) is 12.8. The van der Waals surface area contributed by atoms with E-state index in [1.54, 1.807) is 0 Å². The Balaban J connectivity index is 1.69. The second-order valence-corrected chi connectivity index (χ2v) is 7.48. The van der Waals surface area contributed by atoms with Crippen LogP contribution in [0, 0.1) is 11.3 Å². The second kappa shape index (κ2) is 3.43. The number of hydrogen-bond acceptors (Lipinski definition) is 6. The predicted molar refractivity (Wildman–Crippen MR) is 76.1 cm³/mol. The van der Waals surface area contributed by atoms with Crippen LogP contribution in [0.5, 0.6) is 0 Å². The molecule has 0 aromatic heterocycles. The molecular formula is C17H17NO5. The third-order valence-corrected chi connectivity index (χ3v) is 6.60. The quantitative estimate of drug-likeness (QED) is 0.390. The van der Waals surface area contributed by atoms with Gasteiger partial charge in [0.15, 0.2) is 5.76 Å². The van der Waals surface area contributed by atoms with Gasteiger partial charge in [0.1, 0.15) is 0 Å². The number of aliphatic hydroxyl groups is 2. The molecule has 0 radical (unpaired) electrons. The maximum absolute atomic E-state index is 10.5. The molecule has 6 rings (SSSR count). The molecule has 2 saturated heterocycles. The van der Waals surface area contributed by atoms with Gasteiger partial charge in [0.2, 0.25) is 5.79 Å². The Morgan fingerprint density at radius 3 is 3.04 bits per heavy atom. The molecule has 0 aromatic carbocycles. The van der Waals surface area contributed by atoms with Crippen LogP contribution in [0.25, 0.3) is 0 Å². The van der Waals surface area contributed by atoms with E-state index in [4.69, 9.17) is 14.5 Å². The molecule has 2 bridgehead atoms. The van der Waals surface area contributed by atoms with Crippen LogP contribution in [0.1, 0.15) is 19.3 Å². The van der Waals surface area contributed by atoms with Gasteiger partial charge in [-0.1, -0.05) is 11.8 Å². The third kappa shape index (κ3) is 1.10. The maximum Gasteiger partial charge on any atom is 0.331 e. The van der Waals surface area contributed by atoms with Crippen molar-refractivity contribution in [3.05, 3.63) is 40.5 Å². The molecule has 4 atom stereocenters. The maximum atomic E-state index is 10.5. The molecule has 0 aromatic rings. The third-order valence-electron chi connectivity index (χ3n) is 6.60. The molecule has 6 heteroatoms. The number of rotatable bonds is 0. The molecule has 2 N–H and O–H groups in total. The van der Waals surface area contributed by atoms with E-state index in [0.717, 1.165) is 30.5 Å². The van der Waals surface area contributed by atoms with E-state index in [1.165, 1.54) is 0 Å². The lowest BCUT2D eigenvalue weighted by Crippen LogP contribution is -2.68. The normalized spacial score (nSPS) is 47.6. The Morgan fingerprint density at radius 2 is 2.26 bits per heavy atom. The Morgan fingerprint density at radius 1 is 1.39 bits per heavy atom. The van der Waals surface area contributed by atoms with E-state index in [1.807, 2.05) is 6.08 Å². The van der Waals surface area contributed by atoms with Crippen molar-refractivity contribution >= 4 is 0 Å². The summed E-state index contributed by atoms with van der Waals surface area (Å²) in [4.78, 5) is 13.1. The lowest BCUT2D eigenvalue weighted by Gasteiger charge is -2.60. The summed E-state index contributed by atoms with van der Waals surface area (Å²) in [5, 5.41) is 20.9. The van der Waals surface area contributed by atoms with Crippen molar-refractivity contribution in [2.45, 2.75) is 36.9 Å². The number of nitrogens with zero attached hydrogens (tertiary/aromatic N) is 1. The summed E-state index contributed by atoms with van der Waals surface area (Å²) in [7, 11) is 2.15. The topological polar surface area (TPSA) is 71.4 Å². The van der Waals surface area contributed by atoms with Crippen LogP contribution in [0.4, 0.5) is 0 Å². The fourth-order valence-electron chi connectivity index (χ4n) is 5.52. The Kier molecular flexibility index (Phi) is 1.91. The van der Waals surface area contributed by atoms with Crippen molar-refractivity contribution < 1.29 is 24.7 Å². The molecule has 2 spiro atoms. The van der Waals surface area contributed by atoms with Crippen molar-refractivity contribution in [2.24, 2.45) is 11.3 Å². The van der Waals surface area contributed by atoms with Gasteiger partial charge in [-0.25, -0.2) is 0 Å². The zero-order valence-corrected chi connectivity index (χ0v) is 12.7. The number of ether oxygens (including phenoxy) is 1. The van der Waals surface area contributed by atoms with E-state index in [9.17, 15) is 10.2 Å². The summed E-state index contributed by atoms with van der Waals surface area (Å²) >= 11 is 0. The number of piperidine rings is 1. The smallest absolute Gasteiger partial charge is 0.331 e. The molecule has 3 heterocycles. The van der Waals surface area contributed by atoms with Gasteiger partial charge in [-0.15, -0.1) is 4.89 Å². The number of likely N-dealkylation sites (tertiary alicyclic amines) is 1. The summed E-state index contributed by atoms with van der Waals surface area (Å²) in [5.41, 5.74) is 4.82. The van der Waals surface area contributed by atoms with E-state index in [-0.39, 0.29) is 18.1 Å². The van der Waals surface area contributed by atoms with E-state index < -0.39 is 17.0 Å². The lowest BCUT2D eigenvalue weighted by molar-refractivity contribution is -0.515. The van der Waals surface area contributed by atoms with Gasteiger partial charge in [0.25, 0.3) is 5.76 Å². The molecule has 3 aliphatic heterocycles. The van der Waals surface area contributed by atoms with E-state index >= 15 is 0 Å². The minimum atomic E-state index is -1.98. The predicted octanol–water partition coefficient (Wildman–Crippen LogP) is 0.703. The first-order chi connectivity index (χ1) is 11.0. The SMILES string of the molecule is CN1CC[C@]23C4=C5O[C@@]26OOC6=C=C[C@H]3[C@H]1CC4=CCC5(O)O.